The Labute approximate surface area is 117 Å². The number of carboxylic acids is 1. The average molecular weight is 270 g/mol. The van der Waals surface area contributed by atoms with Crippen molar-refractivity contribution in [2.45, 2.75) is 52.0 Å². The molecule has 19 heavy (non-hydrogen) atoms. The Morgan fingerprint density at radius 3 is 2.58 bits per heavy atom. The summed E-state index contributed by atoms with van der Waals surface area (Å²) in [7, 11) is 4.28. The molecule has 0 saturated heterocycles. The van der Waals surface area contributed by atoms with Gasteiger partial charge in [-0.3, -0.25) is 4.79 Å². The molecule has 1 aliphatic carbocycles. The lowest BCUT2D eigenvalue weighted by Gasteiger charge is -2.45. The van der Waals surface area contributed by atoms with Crippen LogP contribution in [-0.2, 0) is 4.79 Å². The zero-order valence-electron chi connectivity index (χ0n) is 13.1. The van der Waals surface area contributed by atoms with Crippen molar-refractivity contribution in [2.75, 3.05) is 27.2 Å². The van der Waals surface area contributed by atoms with E-state index < -0.39 is 11.4 Å². The molecule has 0 bridgehead atoms. The average Bonchev–Trinajstić information content (AvgIpc) is 2.28. The molecular formula is C15H30N2O2. The lowest BCUT2D eigenvalue weighted by atomic mass is 9.75. The highest BCUT2D eigenvalue weighted by molar-refractivity contribution is 5.73. The van der Waals surface area contributed by atoms with Gasteiger partial charge >= 0.3 is 5.97 Å². The van der Waals surface area contributed by atoms with E-state index in [9.17, 15) is 4.79 Å². The largest absolute Gasteiger partial charge is 0.481 e. The molecule has 1 rings (SSSR count). The van der Waals surface area contributed by atoms with E-state index in [4.69, 9.17) is 5.11 Å². The standard InChI is InChI=1S/C15H30N2O2/c1-12-7-6-8-15(9-12,17(4)5)11-16-10-14(2,3)13(18)19/h12,16H,6-11H2,1-5H3,(H,18,19). The predicted octanol–water partition coefficient (Wildman–Crippen LogP) is 2.20. The molecule has 0 aromatic rings. The Morgan fingerprint density at radius 2 is 2.11 bits per heavy atom. The van der Waals surface area contributed by atoms with Crippen molar-refractivity contribution in [1.29, 1.82) is 0 Å². The molecule has 0 spiro atoms. The molecule has 0 aliphatic heterocycles. The highest BCUT2D eigenvalue weighted by Gasteiger charge is 2.37. The van der Waals surface area contributed by atoms with Gasteiger partial charge in [-0.25, -0.2) is 0 Å². The van der Waals surface area contributed by atoms with E-state index in [0.29, 0.717) is 6.54 Å². The lowest BCUT2D eigenvalue weighted by molar-refractivity contribution is -0.146. The van der Waals surface area contributed by atoms with Crippen molar-refractivity contribution in [1.82, 2.24) is 10.2 Å². The van der Waals surface area contributed by atoms with E-state index in [1.165, 1.54) is 25.7 Å². The number of carboxylic acid groups (broad SMARTS) is 1. The van der Waals surface area contributed by atoms with Gasteiger partial charge in [0.05, 0.1) is 5.41 Å². The lowest BCUT2D eigenvalue weighted by Crippen LogP contribution is -2.55. The fraction of sp³-hybridized carbons (Fsp3) is 0.933. The second kappa shape index (κ2) is 6.23. The van der Waals surface area contributed by atoms with Gasteiger partial charge in [-0.05, 0) is 46.7 Å². The minimum Gasteiger partial charge on any atom is -0.481 e. The molecule has 0 amide bonds. The van der Waals surface area contributed by atoms with Crippen LogP contribution < -0.4 is 5.32 Å². The Balaban J connectivity index is 2.58. The summed E-state index contributed by atoms with van der Waals surface area (Å²) in [5, 5.41) is 12.5. The molecule has 1 aliphatic rings. The molecule has 0 radical (unpaired) electrons. The molecule has 2 N–H and O–H groups in total. The summed E-state index contributed by atoms with van der Waals surface area (Å²) in [6.07, 6.45) is 4.98. The molecule has 0 aromatic heterocycles. The first-order chi connectivity index (χ1) is 8.69. The quantitative estimate of drug-likeness (QED) is 0.777. The zero-order valence-corrected chi connectivity index (χ0v) is 13.1. The van der Waals surface area contributed by atoms with Gasteiger partial charge in [0, 0.05) is 18.6 Å². The van der Waals surface area contributed by atoms with E-state index >= 15 is 0 Å². The van der Waals surface area contributed by atoms with Gasteiger partial charge < -0.3 is 15.3 Å². The molecule has 1 fully saturated rings. The van der Waals surface area contributed by atoms with Crippen molar-refractivity contribution >= 4 is 5.97 Å². The maximum atomic E-state index is 11.1. The molecule has 1 saturated carbocycles. The van der Waals surface area contributed by atoms with Crippen LogP contribution in [0.1, 0.15) is 46.5 Å². The maximum Gasteiger partial charge on any atom is 0.310 e. The smallest absolute Gasteiger partial charge is 0.310 e. The van der Waals surface area contributed by atoms with E-state index in [1.54, 1.807) is 13.8 Å². The van der Waals surface area contributed by atoms with Crippen molar-refractivity contribution < 1.29 is 9.90 Å². The van der Waals surface area contributed by atoms with Crippen LogP contribution in [0.4, 0.5) is 0 Å². The van der Waals surface area contributed by atoms with Gasteiger partial charge in [-0.15, -0.1) is 0 Å². The summed E-state index contributed by atoms with van der Waals surface area (Å²) in [5.74, 6) is 0.0151. The summed E-state index contributed by atoms with van der Waals surface area (Å²) < 4.78 is 0. The van der Waals surface area contributed by atoms with E-state index in [2.05, 4.69) is 31.2 Å². The Morgan fingerprint density at radius 1 is 1.47 bits per heavy atom. The van der Waals surface area contributed by atoms with Crippen molar-refractivity contribution in [3.05, 3.63) is 0 Å². The highest BCUT2D eigenvalue weighted by atomic mass is 16.4. The van der Waals surface area contributed by atoms with Crippen LogP contribution in [0.5, 0.6) is 0 Å². The third-order valence-corrected chi connectivity index (χ3v) is 4.62. The van der Waals surface area contributed by atoms with E-state index in [1.807, 2.05) is 0 Å². The van der Waals surface area contributed by atoms with Crippen LogP contribution in [0.3, 0.4) is 0 Å². The van der Waals surface area contributed by atoms with Gasteiger partial charge in [-0.2, -0.15) is 0 Å². The molecule has 112 valence electrons. The number of carbonyl (C=O) groups is 1. The van der Waals surface area contributed by atoms with Crippen molar-refractivity contribution in [3.63, 3.8) is 0 Å². The second-order valence-corrected chi connectivity index (χ2v) is 7.11. The molecule has 0 heterocycles. The van der Waals surface area contributed by atoms with Crippen molar-refractivity contribution in [2.24, 2.45) is 11.3 Å². The third kappa shape index (κ3) is 4.18. The molecule has 2 atom stereocenters. The Hall–Kier alpha value is -0.610. The van der Waals surface area contributed by atoms with Crippen LogP contribution >= 0.6 is 0 Å². The highest BCUT2D eigenvalue weighted by Crippen LogP contribution is 2.35. The van der Waals surface area contributed by atoms with Gasteiger partial charge in [0.2, 0.25) is 0 Å². The summed E-state index contributed by atoms with van der Waals surface area (Å²) in [6, 6.07) is 0. The number of hydrogen-bond acceptors (Lipinski definition) is 3. The SMILES string of the molecule is CC1CCCC(CNCC(C)(C)C(=O)O)(N(C)C)C1. The number of aliphatic carboxylic acids is 1. The van der Waals surface area contributed by atoms with Crippen LogP contribution in [0, 0.1) is 11.3 Å². The first kappa shape index (κ1) is 16.4. The minimum atomic E-state index is -0.740. The molecule has 4 heteroatoms. The Bertz CT molecular complexity index is 315. The molecule has 0 aromatic carbocycles. The molecule has 4 nitrogen and oxygen atoms in total. The molecular weight excluding hydrogens is 240 g/mol. The fourth-order valence-corrected chi connectivity index (χ4v) is 3.04. The Kier molecular flexibility index (Phi) is 5.39. The fourth-order valence-electron chi connectivity index (χ4n) is 3.04. The third-order valence-electron chi connectivity index (χ3n) is 4.62. The number of hydrogen-bond donors (Lipinski definition) is 2. The summed E-state index contributed by atoms with van der Waals surface area (Å²) in [6.45, 7) is 7.26. The van der Waals surface area contributed by atoms with E-state index in [-0.39, 0.29) is 5.54 Å². The van der Waals surface area contributed by atoms with E-state index in [0.717, 1.165) is 12.5 Å². The van der Waals surface area contributed by atoms with Gasteiger partial charge in [-0.1, -0.05) is 19.8 Å². The number of likely N-dealkylation sites (N-methyl/N-ethyl adjacent to an activating group) is 1. The summed E-state index contributed by atoms with van der Waals surface area (Å²) in [5.41, 5.74) is -0.514. The summed E-state index contributed by atoms with van der Waals surface area (Å²) >= 11 is 0. The first-order valence-corrected chi connectivity index (χ1v) is 7.31. The molecule has 2 unspecified atom stereocenters. The number of nitrogens with one attached hydrogen (secondary N) is 1. The maximum absolute atomic E-state index is 11.1. The van der Waals surface area contributed by atoms with Crippen molar-refractivity contribution in [3.8, 4) is 0 Å². The van der Waals surface area contributed by atoms with Gasteiger partial charge in [0.1, 0.15) is 0 Å². The van der Waals surface area contributed by atoms with Crippen LogP contribution in [0.15, 0.2) is 0 Å². The predicted molar refractivity (Wildman–Crippen MR) is 78.3 cm³/mol. The van der Waals surface area contributed by atoms with Gasteiger partial charge in [0.15, 0.2) is 0 Å². The second-order valence-electron chi connectivity index (χ2n) is 7.11. The van der Waals surface area contributed by atoms with Crippen LogP contribution in [-0.4, -0.2) is 48.7 Å². The first-order valence-electron chi connectivity index (χ1n) is 7.31. The van der Waals surface area contributed by atoms with Gasteiger partial charge in [0.25, 0.3) is 0 Å². The summed E-state index contributed by atoms with van der Waals surface area (Å²) in [4.78, 5) is 13.4. The van der Waals surface area contributed by atoms with Crippen LogP contribution in [0.2, 0.25) is 0 Å². The zero-order chi connectivity index (χ0) is 14.7. The van der Waals surface area contributed by atoms with Crippen LogP contribution in [0.25, 0.3) is 0 Å². The monoisotopic (exact) mass is 270 g/mol. The normalized spacial score (nSPS) is 28.6. The number of nitrogens with zero attached hydrogens (tertiary/aromatic N) is 1. The minimum absolute atomic E-state index is 0.187. The topological polar surface area (TPSA) is 52.6 Å². The number of rotatable bonds is 6.